The maximum absolute atomic E-state index is 6.32. The molecule has 0 aliphatic carbocycles. The van der Waals surface area contributed by atoms with Crippen LogP contribution in [0, 0.1) is 13.8 Å². The van der Waals surface area contributed by atoms with E-state index < -0.39 is 0 Å². The molecular weight excluding hydrogens is 234 g/mol. The topological polar surface area (TPSA) is 43.8 Å². The zero-order chi connectivity index (χ0) is 14.0. The van der Waals surface area contributed by atoms with Crippen LogP contribution >= 0.6 is 0 Å². The number of aromatic nitrogens is 2. The Bertz CT molecular complexity index is 582. The van der Waals surface area contributed by atoms with Gasteiger partial charge in [0.25, 0.3) is 0 Å². The van der Waals surface area contributed by atoms with Crippen molar-refractivity contribution in [2.75, 3.05) is 5.73 Å². The van der Waals surface area contributed by atoms with Gasteiger partial charge in [0.15, 0.2) is 0 Å². The quantitative estimate of drug-likeness (QED) is 0.907. The van der Waals surface area contributed by atoms with Gasteiger partial charge in [0.1, 0.15) is 17.3 Å². The molecule has 1 aromatic carbocycles. The van der Waals surface area contributed by atoms with E-state index in [2.05, 4.69) is 50.5 Å². The molecule has 2 N–H and O–H groups in total. The summed E-state index contributed by atoms with van der Waals surface area (Å²) in [5.74, 6) is 1.88. The van der Waals surface area contributed by atoms with E-state index >= 15 is 0 Å². The summed E-state index contributed by atoms with van der Waals surface area (Å²) < 4.78 is 2.15. The normalized spacial score (nSPS) is 10.9. The van der Waals surface area contributed by atoms with Gasteiger partial charge in [0.05, 0.1) is 0 Å². The van der Waals surface area contributed by atoms with Crippen LogP contribution in [-0.4, -0.2) is 9.55 Å². The highest BCUT2D eigenvalue weighted by atomic mass is 15.1. The largest absolute Gasteiger partial charge is 0.383 e. The van der Waals surface area contributed by atoms with Crippen molar-refractivity contribution in [1.29, 1.82) is 0 Å². The summed E-state index contributed by atoms with van der Waals surface area (Å²) in [5.41, 5.74) is 10.9. The number of rotatable bonds is 4. The molecule has 0 bridgehead atoms. The predicted octanol–water partition coefficient (Wildman–Crippen LogP) is 3.72. The summed E-state index contributed by atoms with van der Waals surface area (Å²) in [4.78, 5) is 4.76. The minimum atomic E-state index is 0.799. The molecule has 2 rings (SSSR count). The van der Waals surface area contributed by atoms with Crippen LogP contribution in [0.2, 0.25) is 0 Å². The van der Waals surface area contributed by atoms with Crippen LogP contribution in [0.25, 0.3) is 11.3 Å². The van der Waals surface area contributed by atoms with Crippen LogP contribution in [0.1, 0.15) is 37.2 Å². The zero-order valence-electron chi connectivity index (χ0n) is 12.3. The molecule has 0 radical (unpaired) electrons. The van der Waals surface area contributed by atoms with E-state index in [0.717, 1.165) is 42.3 Å². The number of nitrogens with two attached hydrogens (primary N) is 1. The molecule has 3 heteroatoms. The van der Waals surface area contributed by atoms with E-state index in [1.165, 1.54) is 11.1 Å². The Balaban J connectivity index is 2.60. The molecule has 102 valence electrons. The van der Waals surface area contributed by atoms with Crippen molar-refractivity contribution >= 4 is 5.82 Å². The molecule has 1 heterocycles. The van der Waals surface area contributed by atoms with Gasteiger partial charge in [0.2, 0.25) is 0 Å². The highest BCUT2D eigenvalue weighted by Crippen LogP contribution is 2.30. The first kappa shape index (κ1) is 13.7. The maximum atomic E-state index is 6.32. The van der Waals surface area contributed by atoms with Crippen molar-refractivity contribution in [1.82, 2.24) is 9.55 Å². The third kappa shape index (κ3) is 2.37. The number of nitrogen functional groups attached to an aromatic ring is 1. The lowest BCUT2D eigenvalue weighted by atomic mass is 10.0. The van der Waals surface area contributed by atoms with Gasteiger partial charge in [-0.05, 0) is 31.4 Å². The summed E-state index contributed by atoms with van der Waals surface area (Å²) in [7, 11) is 0. The fourth-order valence-corrected chi connectivity index (χ4v) is 2.46. The first-order valence-electron chi connectivity index (χ1n) is 7.01. The third-order valence-electron chi connectivity index (χ3n) is 3.71. The average molecular weight is 257 g/mol. The lowest BCUT2D eigenvalue weighted by Gasteiger charge is -2.08. The summed E-state index contributed by atoms with van der Waals surface area (Å²) in [6.45, 7) is 9.48. The molecule has 0 atom stereocenters. The maximum Gasteiger partial charge on any atom is 0.131 e. The first-order valence-corrected chi connectivity index (χ1v) is 7.01. The second-order valence-electron chi connectivity index (χ2n) is 5.01. The van der Waals surface area contributed by atoms with E-state index in [1.54, 1.807) is 0 Å². The zero-order valence-corrected chi connectivity index (χ0v) is 12.3. The van der Waals surface area contributed by atoms with Crippen LogP contribution in [0.3, 0.4) is 0 Å². The molecule has 3 nitrogen and oxygen atoms in total. The smallest absolute Gasteiger partial charge is 0.131 e. The highest BCUT2D eigenvalue weighted by Gasteiger charge is 2.16. The minimum Gasteiger partial charge on any atom is -0.383 e. The van der Waals surface area contributed by atoms with Gasteiger partial charge in [-0.1, -0.05) is 32.0 Å². The van der Waals surface area contributed by atoms with Crippen molar-refractivity contribution in [2.24, 2.45) is 0 Å². The number of hydrogen-bond acceptors (Lipinski definition) is 2. The van der Waals surface area contributed by atoms with E-state index in [1.807, 2.05) is 0 Å². The standard InChI is InChI=1S/C16H23N3/c1-5-10-19-14(6-2)18-15(16(19)17)13-9-7-8-11(3)12(13)4/h7-9H,5-6,10,17H2,1-4H3. The molecule has 0 spiro atoms. The van der Waals surface area contributed by atoms with E-state index in [-0.39, 0.29) is 0 Å². The van der Waals surface area contributed by atoms with Gasteiger partial charge in [0, 0.05) is 18.5 Å². The van der Waals surface area contributed by atoms with Crippen molar-refractivity contribution in [2.45, 2.75) is 47.1 Å². The lowest BCUT2D eigenvalue weighted by Crippen LogP contribution is -2.06. The van der Waals surface area contributed by atoms with Crippen LogP contribution < -0.4 is 5.73 Å². The van der Waals surface area contributed by atoms with Crippen LogP contribution in [0.5, 0.6) is 0 Å². The second kappa shape index (κ2) is 5.47. The Morgan fingerprint density at radius 3 is 2.58 bits per heavy atom. The number of hydrogen-bond donors (Lipinski definition) is 1. The van der Waals surface area contributed by atoms with Crippen molar-refractivity contribution < 1.29 is 0 Å². The van der Waals surface area contributed by atoms with E-state index in [0.29, 0.717) is 0 Å². The number of imidazole rings is 1. The fourth-order valence-electron chi connectivity index (χ4n) is 2.46. The van der Waals surface area contributed by atoms with Gasteiger partial charge in [-0.15, -0.1) is 0 Å². The third-order valence-corrected chi connectivity index (χ3v) is 3.71. The first-order chi connectivity index (χ1) is 9.10. The van der Waals surface area contributed by atoms with Crippen LogP contribution in [0.15, 0.2) is 18.2 Å². The van der Waals surface area contributed by atoms with E-state index in [9.17, 15) is 0 Å². The highest BCUT2D eigenvalue weighted by molar-refractivity contribution is 5.74. The Kier molecular flexibility index (Phi) is 3.93. The van der Waals surface area contributed by atoms with Gasteiger partial charge in [-0.3, -0.25) is 0 Å². The molecule has 0 amide bonds. The molecule has 1 aromatic heterocycles. The molecule has 0 saturated carbocycles. The Morgan fingerprint density at radius 1 is 1.21 bits per heavy atom. The molecule has 0 aliphatic heterocycles. The summed E-state index contributed by atoms with van der Waals surface area (Å²) in [5, 5.41) is 0. The summed E-state index contributed by atoms with van der Waals surface area (Å²) in [6, 6.07) is 6.30. The number of benzene rings is 1. The van der Waals surface area contributed by atoms with Gasteiger partial charge in [-0.2, -0.15) is 0 Å². The van der Waals surface area contributed by atoms with E-state index in [4.69, 9.17) is 10.7 Å². The molecule has 0 unspecified atom stereocenters. The van der Waals surface area contributed by atoms with Gasteiger partial charge < -0.3 is 10.3 Å². The van der Waals surface area contributed by atoms with Crippen LogP contribution in [-0.2, 0) is 13.0 Å². The summed E-state index contributed by atoms with van der Waals surface area (Å²) in [6.07, 6.45) is 1.98. The average Bonchev–Trinajstić information content (AvgIpc) is 2.71. The number of nitrogens with zero attached hydrogens (tertiary/aromatic N) is 2. The molecule has 19 heavy (non-hydrogen) atoms. The number of aryl methyl sites for hydroxylation is 2. The Hall–Kier alpha value is -1.77. The SMILES string of the molecule is CCCn1c(CC)nc(-c2cccc(C)c2C)c1N. The lowest BCUT2D eigenvalue weighted by molar-refractivity contribution is 0.650. The van der Waals surface area contributed by atoms with Crippen molar-refractivity contribution in [3.63, 3.8) is 0 Å². The fraction of sp³-hybridized carbons (Fsp3) is 0.438. The monoisotopic (exact) mass is 257 g/mol. The molecule has 0 saturated heterocycles. The van der Waals surface area contributed by atoms with Crippen LogP contribution in [0.4, 0.5) is 5.82 Å². The van der Waals surface area contributed by atoms with Crippen molar-refractivity contribution in [3.05, 3.63) is 35.2 Å². The van der Waals surface area contributed by atoms with Gasteiger partial charge >= 0.3 is 0 Å². The van der Waals surface area contributed by atoms with Crippen molar-refractivity contribution in [3.8, 4) is 11.3 Å². The number of anilines is 1. The molecule has 0 aliphatic rings. The minimum absolute atomic E-state index is 0.799. The second-order valence-corrected chi connectivity index (χ2v) is 5.01. The Morgan fingerprint density at radius 2 is 1.95 bits per heavy atom. The molecule has 0 fully saturated rings. The molecular formula is C16H23N3. The predicted molar refractivity (Wildman–Crippen MR) is 81.2 cm³/mol. The Labute approximate surface area is 115 Å². The molecule has 2 aromatic rings. The van der Waals surface area contributed by atoms with Gasteiger partial charge in [-0.25, -0.2) is 4.98 Å². The summed E-state index contributed by atoms with van der Waals surface area (Å²) >= 11 is 0.